The van der Waals surface area contributed by atoms with Crippen molar-refractivity contribution in [1.29, 1.82) is 0 Å². The molecule has 0 atom stereocenters. The van der Waals surface area contributed by atoms with Crippen LogP contribution in [0.1, 0.15) is 5.56 Å². The molecule has 0 aliphatic carbocycles. The summed E-state index contributed by atoms with van der Waals surface area (Å²) in [5.41, 5.74) is 1.51. The molecule has 0 amide bonds. The largest absolute Gasteiger partial charge is 0.350 e. The number of nitrogens with two attached hydrogens (primary N) is 1. The van der Waals surface area contributed by atoms with Gasteiger partial charge in [-0.3, -0.25) is 0 Å². The predicted molar refractivity (Wildman–Crippen MR) is 99.7 cm³/mol. The molecule has 0 saturated carbocycles. The summed E-state index contributed by atoms with van der Waals surface area (Å²) in [6.07, 6.45) is 1.37. The zero-order valence-electron chi connectivity index (χ0n) is 13.4. The first kappa shape index (κ1) is 18.1. The Morgan fingerprint density at radius 2 is 1.77 bits per heavy atom. The van der Waals surface area contributed by atoms with E-state index in [4.69, 9.17) is 16.7 Å². The number of rotatable bonds is 6. The van der Waals surface area contributed by atoms with Gasteiger partial charge in [-0.25, -0.2) is 23.5 Å². The molecular weight excluding hydrogens is 376 g/mol. The number of nitrogens with zero attached hydrogens (tertiary/aromatic N) is 3. The number of anilines is 3. The van der Waals surface area contributed by atoms with Crippen LogP contribution in [0.3, 0.4) is 0 Å². The minimum absolute atomic E-state index is 0.0533. The highest BCUT2D eigenvalue weighted by Crippen LogP contribution is 2.17. The van der Waals surface area contributed by atoms with Gasteiger partial charge in [-0.15, -0.1) is 0 Å². The van der Waals surface area contributed by atoms with Crippen molar-refractivity contribution in [3.8, 4) is 0 Å². The minimum Gasteiger partial charge on any atom is -0.350 e. The lowest BCUT2D eigenvalue weighted by Gasteiger charge is -2.08. The highest BCUT2D eigenvalue weighted by molar-refractivity contribution is 7.89. The fraction of sp³-hybridized carbons (Fsp3) is 0.0625. The summed E-state index contributed by atoms with van der Waals surface area (Å²) in [6.45, 7) is 0.327. The highest BCUT2D eigenvalue weighted by atomic mass is 35.5. The molecule has 1 heterocycles. The second kappa shape index (κ2) is 7.65. The van der Waals surface area contributed by atoms with Gasteiger partial charge in [0.25, 0.3) is 0 Å². The Morgan fingerprint density at radius 1 is 1.04 bits per heavy atom. The molecule has 0 fully saturated rings. The van der Waals surface area contributed by atoms with E-state index in [2.05, 4.69) is 25.6 Å². The molecule has 10 heteroatoms. The van der Waals surface area contributed by atoms with Crippen LogP contribution in [0.25, 0.3) is 0 Å². The van der Waals surface area contributed by atoms with E-state index in [1.165, 1.54) is 18.5 Å². The van der Waals surface area contributed by atoms with Gasteiger partial charge in [-0.05, 0) is 42.0 Å². The Morgan fingerprint density at radius 3 is 2.50 bits per heavy atom. The summed E-state index contributed by atoms with van der Waals surface area (Å²) < 4.78 is 22.8. The second-order valence-corrected chi connectivity index (χ2v) is 7.31. The van der Waals surface area contributed by atoms with Crippen LogP contribution < -0.4 is 15.8 Å². The lowest BCUT2D eigenvalue weighted by atomic mass is 10.2. The summed E-state index contributed by atoms with van der Waals surface area (Å²) >= 11 is 5.85. The topological polar surface area (TPSA) is 123 Å². The molecule has 26 heavy (non-hydrogen) atoms. The molecule has 0 aliphatic heterocycles. The van der Waals surface area contributed by atoms with E-state index >= 15 is 0 Å². The van der Waals surface area contributed by atoms with Crippen LogP contribution in [-0.2, 0) is 16.6 Å². The van der Waals surface area contributed by atoms with Gasteiger partial charge < -0.3 is 10.6 Å². The molecule has 0 spiro atoms. The fourth-order valence-electron chi connectivity index (χ4n) is 2.12. The molecule has 4 N–H and O–H groups in total. The van der Waals surface area contributed by atoms with Crippen LogP contribution in [0.2, 0.25) is 5.02 Å². The van der Waals surface area contributed by atoms with Crippen LogP contribution in [0.4, 0.5) is 17.6 Å². The Balaban J connectivity index is 1.68. The predicted octanol–water partition coefficient (Wildman–Crippen LogP) is 2.53. The number of hydrogen-bond donors (Lipinski definition) is 3. The first-order valence-corrected chi connectivity index (χ1v) is 9.40. The van der Waals surface area contributed by atoms with Gasteiger partial charge in [0.05, 0.1) is 4.90 Å². The molecule has 0 radical (unpaired) electrons. The van der Waals surface area contributed by atoms with E-state index in [-0.39, 0.29) is 4.90 Å². The van der Waals surface area contributed by atoms with E-state index in [0.29, 0.717) is 23.5 Å². The number of sulfonamides is 1. The SMILES string of the molecule is NS(=O)(=O)c1cccc(CNc2ncnc(Nc3ccc(Cl)cc3)n2)c1. The molecule has 134 valence electrons. The van der Waals surface area contributed by atoms with Crippen LogP contribution in [-0.4, -0.2) is 23.4 Å². The third kappa shape index (κ3) is 4.88. The number of halogens is 1. The zero-order valence-corrected chi connectivity index (χ0v) is 15.0. The molecule has 0 unspecified atom stereocenters. The molecule has 0 aliphatic rings. The first-order valence-electron chi connectivity index (χ1n) is 7.47. The molecule has 0 bridgehead atoms. The standard InChI is InChI=1S/C16H15ClN6O2S/c17-12-4-6-13(7-5-12)22-16-21-10-20-15(23-16)19-9-11-2-1-3-14(8-11)26(18,24)25/h1-8,10H,9H2,(H2,18,24,25)(H2,19,20,21,22,23). The van der Waals surface area contributed by atoms with Crippen molar-refractivity contribution in [1.82, 2.24) is 15.0 Å². The number of nitrogens with one attached hydrogen (secondary N) is 2. The Hall–Kier alpha value is -2.75. The molecule has 8 nitrogen and oxygen atoms in total. The highest BCUT2D eigenvalue weighted by Gasteiger charge is 2.08. The lowest BCUT2D eigenvalue weighted by Crippen LogP contribution is -2.13. The Labute approximate surface area is 155 Å². The summed E-state index contributed by atoms with van der Waals surface area (Å²) in [5.74, 6) is 0.709. The van der Waals surface area contributed by atoms with Crippen LogP contribution >= 0.6 is 11.6 Å². The fourth-order valence-corrected chi connectivity index (χ4v) is 2.83. The zero-order chi connectivity index (χ0) is 18.6. The van der Waals surface area contributed by atoms with Crippen LogP contribution in [0.15, 0.2) is 59.8 Å². The lowest BCUT2D eigenvalue weighted by molar-refractivity contribution is 0.597. The third-order valence-electron chi connectivity index (χ3n) is 3.35. The number of aromatic nitrogens is 3. The summed E-state index contributed by atoms with van der Waals surface area (Å²) in [6, 6.07) is 13.4. The maximum Gasteiger partial charge on any atom is 0.238 e. The first-order chi connectivity index (χ1) is 12.4. The van der Waals surface area contributed by atoms with Gasteiger partial charge >= 0.3 is 0 Å². The van der Waals surface area contributed by atoms with Crippen molar-refractivity contribution in [2.24, 2.45) is 5.14 Å². The van der Waals surface area contributed by atoms with Crippen molar-refractivity contribution >= 4 is 39.2 Å². The average molecular weight is 391 g/mol. The van der Waals surface area contributed by atoms with Crippen molar-refractivity contribution in [3.63, 3.8) is 0 Å². The van der Waals surface area contributed by atoms with E-state index < -0.39 is 10.0 Å². The average Bonchev–Trinajstić information content (AvgIpc) is 2.62. The number of benzene rings is 2. The van der Waals surface area contributed by atoms with Crippen molar-refractivity contribution < 1.29 is 8.42 Å². The van der Waals surface area contributed by atoms with Gasteiger partial charge in [0, 0.05) is 17.3 Å². The molecule has 3 rings (SSSR count). The Kier molecular flexibility index (Phi) is 5.31. The smallest absolute Gasteiger partial charge is 0.238 e. The van der Waals surface area contributed by atoms with Gasteiger partial charge in [-0.2, -0.15) is 4.98 Å². The Bertz CT molecular complexity index is 1010. The molecule has 1 aromatic heterocycles. The quantitative estimate of drug-likeness (QED) is 0.590. The van der Waals surface area contributed by atoms with Crippen LogP contribution in [0.5, 0.6) is 0 Å². The van der Waals surface area contributed by atoms with Crippen molar-refractivity contribution in [2.45, 2.75) is 11.4 Å². The summed E-state index contributed by atoms with van der Waals surface area (Å²) in [4.78, 5) is 12.4. The molecular formula is C16H15ClN6O2S. The molecule has 2 aromatic carbocycles. The van der Waals surface area contributed by atoms with Gasteiger partial charge in [-0.1, -0.05) is 23.7 Å². The van der Waals surface area contributed by atoms with Gasteiger partial charge in [0.2, 0.25) is 21.9 Å². The van der Waals surface area contributed by atoms with Crippen LogP contribution in [0, 0.1) is 0 Å². The minimum atomic E-state index is -3.74. The van der Waals surface area contributed by atoms with Gasteiger partial charge in [0.15, 0.2) is 0 Å². The van der Waals surface area contributed by atoms with E-state index in [1.807, 2.05) is 0 Å². The summed E-state index contributed by atoms with van der Waals surface area (Å²) in [5, 5.41) is 11.8. The number of hydrogen-bond acceptors (Lipinski definition) is 7. The number of primary sulfonamides is 1. The summed E-state index contributed by atoms with van der Waals surface area (Å²) in [7, 11) is -3.74. The van der Waals surface area contributed by atoms with E-state index in [9.17, 15) is 8.42 Å². The molecule has 3 aromatic rings. The maximum absolute atomic E-state index is 11.4. The normalized spacial score (nSPS) is 11.2. The van der Waals surface area contributed by atoms with Crippen molar-refractivity contribution in [2.75, 3.05) is 10.6 Å². The monoisotopic (exact) mass is 390 g/mol. The second-order valence-electron chi connectivity index (χ2n) is 5.31. The molecule has 0 saturated heterocycles. The maximum atomic E-state index is 11.4. The van der Waals surface area contributed by atoms with E-state index in [0.717, 1.165) is 11.3 Å². The van der Waals surface area contributed by atoms with E-state index in [1.54, 1.807) is 36.4 Å². The van der Waals surface area contributed by atoms with Crippen molar-refractivity contribution in [3.05, 3.63) is 65.4 Å². The van der Waals surface area contributed by atoms with Gasteiger partial charge in [0.1, 0.15) is 6.33 Å². The third-order valence-corrected chi connectivity index (χ3v) is 4.51.